The maximum Gasteiger partial charge on any atom is 0.352 e. The lowest BCUT2D eigenvalue weighted by Gasteiger charge is -2.17. The number of aliphatic carboxylic acids is 1. The SMILES string of the molecule is CC.COCc1c(-c2c(C)cccc2Cl)noc1C1CC1.O=C(O)/C1=C/SCC2CCCC2CN=CN1. The molecule has 2 N–H and O–H groups in total. The lowest BCUT2D eigenvalue weighted by atomic mass is 9.98. The van der Waals surface area contributed by atoms with Gasteiger partial charge in [-0.1, -0.05) is 49.2 Å². The topological polar surface area (TPSA) is 97.0 Å². The highest BCUT2D eigenvalue weighted by Crippen LogP contribution is 2.45. The van der Waals surface area contributed by atoms with E-state index in [4.69, 9.17) is 26.0 Å². The standard InChI is InChI=1S/C15H16ClNO2.C11H16N2O2S.C2H6/c1-9-4-3-5-12(16)13(9)14-11(8-18-2)15(19-17-14)10-6-7-10;14-11(15)10-6-16-5-9-3-1-2-8(9)4-12-7-13-10;1-2/h3-5,10H,6-8H2,1-2H3;6-9H,1-5H2,(H,12,13)(H,14,15);1-2H3/b;10-6-;. The number of carboxylic acids is 1. The number of benzene rings is 1. The summed E-state index contributed by atoms with van der Waals surface area (Å²) in [7, 11) is 1.69. The Labute approximate surface area is 229 Å². The summed E-state index contributed by atoms with van der Waals surface area (Å²) in [6.07, 6.45) is 7.67. The van der Waals surface area contributed by atoms with E-state index >= 15 is 0 Å². The van der Waals surface area contributed by atoms with Gasteiger partial charge >= 0.3 is 5.97 Å². The van der Waals surface area contributed by atoms with Gasteiger partial charge in [0.2, 0.25) is 0 Å². The highest BCUT2D eigenvalue weighted by Gasteiger charge is 2.33. The van der Waals surface area contributed by atoms with Crippen LogP contribution in [-0.2, 0) is 16.1 Å². The second-order valence-corrected chi connectivity index (χ2v) is 10.6. The van der Waals surface area contributed by atoms with E-state index in [-0.39, 0.29) is 5.70 Å². The molecule has 0 bridgehead atoms. The van der Waals surface area contributed by atoms with Crippen molar-refractivity contribution in [1.29, 1.82) is 0 Å². The number of aromatic nitrogens is 1. The van der Waals surface area contributed by atoms with E-state index in [1.54, 1.807) is 24.3 Å². The molecule has 1 aromatic heterocycles. The number of aliphatic imine (C=N–C) groups is 1. The summed E-state index contributed by atoms with van der Waals surface area (Å²) in [5.41, 5.74) is 4.13. The molecule has 3 aliphatic rings. The highest BCUT2D eigenvalue weighted by atomic mass is 35.5. The molecule has 1 aliphatic heterocycles. The second-order valence-electron chi connectivity index (χ2n) is 9.27. The zero-order valence-corrected chi connectivity index (χ0v) is 23.7. The third-order valence-corrected chi connectivity index (χ3v) is 8.06. The van der Waals surface area contributed by atoms with Crippen LogP contribution in [0.1, 0.15) is 68.8 Å². The molecule has 2 unspecified atom stereocenters. The molecular weight excluding hydrogens is 510 g/mol. The quantitative estimate of drug-likeness (QED) is 0.414. The van der Waals surface area contributed by atoms with Gasteiger partial charge in [-0.15, -0.1) is 11.8 Å². The van der Waals surface area contributed by atoms with Crippen molar-refractivity contribution in [3.63, 3.8) is 0 Å². The maximum absolute atomic E-state index is 10.8. The van der Waals surface area contributed by atoms with E-state index in [1.165, 1.54) is 38.4 Å². The predicted octanol–water partition coefficient (Wildman–Crippen LogP) is 7.05. The van der Waals surface area contributed by atoms with Gasteiger partial charge in [0.15, 0.2) is 0 Å². The van der Waals surface area contributed by atoms with Crippen LogP contribution in [0.4, 0.5) is 0 Å². The van der Waals surface area contributed by atoms with Crippen LogP contribution >= 0.6 is 23.4 Å². The molecule has 0 radical (unpaired) electrons. The Hall–Kier alpha value is -2.29. The number of carbonyl (C=O) groups is 1. The molecule has 0 spiro atoms. The largest absolute Gasteiger partial charge is 0.477 e. The van der Waals surface area contributed by atoms with E-state index in [1.807, 2.05) is 39.0 Å². The van der Waals surface area contributed by atoms with Crippen LogP contribution in [0.25, 0.3) is 11.3 Å². The molecule has 2 aliphatic carbocycles. The van der Waals surface area contributed by atoms with E-state index in [9.17, 15) is 4.79 Å². The number of hydrogen-bond acceptors (Lipinski definition) is 7. The average molecular weight is 548 g/mol. The van der Waals surface area contributed by atoms with Gasteiger partial charge in [0.05, 0.1) is 18.0 Å². The van der Waals surface area contributed by atoms with Gasteiger partial charge in [-0.05, 0) is 56.1 Å². The third kappa shape index (κ3) is 7.85. The molecule has 7 nitrogen and oxygen atoms in total. The molecular formula is C28H38ClN3O4S. The first-order chi connectivity index (χ1) is 18.0. The van der Waals surface area contributed by atoms with Gasteiger partial charge in [-0.3, -0.25) is 4.99 Å². The number of halogens is 1. The number of fused-ring (bicyclic) bond motifs is 1. The number of methoxy groups -OCH3 is 1. The first-order valence-electron chi connectivity index (χ1n) is 13.0. The highest BCUT2D eigenvalue weighted by molar-refractivity contribution is 8.02. The minimum absolute atomic E-state index is 0.213. The Morgan fingerprint density at radius 1 is 1.24 bits per heavy atom. The molecule has 5 rings (SSSR count). The molecule has 1 aromatic carbocycles. The van der Waals surface area contributed by atoms with Gasteiger partial charge in [0, 0.05) is 41.9 Å². The van der Waals surface area contributed by atoms with Crippen LogP contribution in [0.15, 0.2) is 38.8 Å². The lowest BCUT2D eigenvalue weighted by Crippen LogP contribution is -2.21. The second kappa shape index (κ2) is 14.6. The smallest absolute Gasteiger partial charge is 0.352 e. The lowest BCUT2D eigenvalue weighted by molar-refractivity contribution is -0.132. The fraction of sp³-hybridized carbons (Fsp3) is 0.536. The van der Waals surface area contributed by atoms with Crippen LogP contribution in [0.3, 0.4) is 0 Å². The molecule has 2 saturated carbocycles. The summed E-state index contributed by atoms with van der Waals surface area (Å²) in [6.45, 7) is 7.36. The number of ether oxygens (including phenoxy) is 1. The number of nitrogens with one attached hydrogen (secondary N) is 1. The average Bonchev–Trinajstić information content (AvgIpc) is 3.51. The molecule has 202 valence electrons. The molecule has 2 heterocycles. The first-order valence-corrected chi connectivity index (χ1v) is 14.4. The van der Waals surface area contributed by atoms with Gasteiger partial charge in [-0.2, -0.15) is 0 Å². The van der Waals surface area contributed by atoms with Crippen LogP contribution in [0.2, 0.25) is 5.02 Å². The number of nitrogens with zero attached hydrogens (tertiary/aromatic N) is 2. The third-order valence-electron chi connectivity index (χ3n) is 6.72. The Balaban J connectivity index is 0.000000195. The van der Waals surface area contributed by atoms with Crippen molar-refractivity contribution in [3.05, 3.63) is 51.2 Å². The monoisotopic (exact) mass is 547 g/mol. The number of carboxylic acid groups (broad SMARTS) is 1. The molecule has 37 heavy (non-hydrogen) atoms. The zero-order chi connectivity index (χ0) is 26.8. The van der Waals surface area contributed by atoms with Crippen molar-refractivity contribution >= 4 is 35.7 Å². The van der Waals surface area contributed by atoms with Crippen LogP contribution in [0.5, 0.6) is 0 Å². The van der Waals surface area contributed by atoms with Crippen molar-refractivity contribution in [2.45, 2.75) is 65.4 Å². The normalized spacial score (nSPS) is 22.2. The van der Waals surface area contributed by atoms with Gasteiger partial charge in [0.25, 0.3) is 0 Å². The summed E-state index contributed by atoms with van der Waals surface area (Å²) in [6, 6.07) is 5.86. The zero-order valence-electron chi connectivity index (χ0n) is 22.1. The van der Waals surface area contributed by atoms with Crippen LogP contribution in [0, 0.1) is 18.8 Å². The van der Waals surface area contributed by atoms with E-state index < -0.39 is 5.97 Å². The molecule has 2 atom stereocenters. The van der Waals surface area contributed by atoms with Crippen molar-refractivity contribution in [3.8, 4) is 11.3 Å². The molecule has 9 heteroatoms. The van der Waals surface area contributed by atoms with Crippen molar-refractivity contribution in [2.24, 2.45) is 16.8 Å². The molecule has 0 saturated heterocycles. The molecule has 2 fully saturated rings. The molecule has 2 aromatic rings. The minimum atomic E-state index is -0.928. The summed E-state index contributed by atoms with van der Waals surface area (Å²) < 4.78 is 10.9. The summed E-state index contributed by atoms with van der Waals surface area (Å²) >= 11 is 7.92. The van der Waals surface area contributed by atoms with Gasteiger partial charge in [0.1, 0.15) is 17.2 Å². The predicted molar refractivity (Wildman–Crippen MR) is 151 cm³/mol. The van der Waals surface area contributed by atoms with Gasteiger partial charge < -0.3 is 19.7 Å². The fourth-order valence-corrected chi connectivity index (χ4v) is 6.11. The number of hydrogen-bond donors (Lipinski definition) is 2. The van der Waals surface area contributed by atoms with E-state index in [0.717, 1.165) is 40.4 Å². The van der Waals surface area contributed by atoms with Crippen molar-refractivity contribution in [1.82, 2.24) is 10.5 Å². The van der Waals surface area contributed by atoms with Crippen molar-refractivity contribution in [2.75, 3.05) is 19.4 Å². The first kappa shape index (κ1) is 29.3. The van der Waals surface area contributed by atoms with Crippen molar-refractivity contribution < 1.29 is 19.2 Å². The molecule has 0 amide bonds. The summed E-state index contributed by atoms with van der Waals surface area (Å²) in [5, 5.41) is 18.3. The number of thioether (sulfide) groups is 1. The van der Waals surface area contributed by atoms with Crippen LogP contribution < -0.4 is 5.32 Å². The fourth-order valence-electron chi connectivity index (χ4n) is 4.68. The number of rotatable bonds is 5. The number of aryl methyl sites for hydroxylation is 1. The Morgan fingerprint density at radius 3 is 2.68 bits per heavy atom. The van der Waals surface area contributed by atoms with Crippen LogP contribution in [-0.4, -0.2) is 42.0 Å². The summed E-state index contributed by atoms with van der Waals surface area (Å²) in [5.74, 6) is 2.95. The maximum atomic E-state index is 10.8. The Bertz CT molecular complexity index is 1080. The van der Waals surface area contributed by atoms with E-state index in [2.05, 4.69) is 15.5 Å². The minimum Gasteiger partial charge on any atom is -0.477 e. The Kier molecular flexibility index (Phi) is 11.5. The summed E-state index contributed by atoms with van der Waals surface area (Å²) in [4.78, 5) is 15.1. The van der Waals surface area contributed by atoms with Gasteiger partial charge in [-0.25, -0.2) is 4.79 Å². The van der Waals surface area contributed by atoms with E-state index in [0.29, 0.717) is 29.4 Å². The Morgan fingerprint density at radius 2 is 2.00 bits per heavy atom.